The molecule has 0 radical (unpaired) electrons. The van der Waals surface area contributed by atoms with Crippen molar-refractivity contribution in [2.45, 2.75) is 32.4 Å². The molecular formula is C14H23BrN2OS. The van der Waals surface area contributed by atoms with Gasteiger partial charge in [0.1, 0.15) is 0 Å². The van der Waals surface area contributed by atoms with E-state index in [0.29, 0.717) is 24.6 Å². The highest BCUT2D eigenvalue weighted by Gasteiger charge is 2.31. The van der Waals surface area contributed by atoms with Gasteiger partial charge < -0.3 is 10.5 Å². The fourth-order valence-corrected chi connectivity index (χ4v) is 4.45. The first-order chi connectivity index (χ1) is 9.06. The van der Waals surface area contributed by atoms with Crippen LogP contribution in [0.5, 0.6) is 0 Å². The van der Waals surface area contributed by atoms with E-state index in [4.69, 9.17) is 10.5 Å². The highest BCUT2D eigenvalue weighted by atomic mass is 79.9. The first kappa shape index (κ1) is 15.4. The summed E-state index contributed by atoms with van der Waals surface area (Å²) in [6.45, 7) is 7.17. The van der Waals surface area contributed by atoms with Gasteiger partial charge in [0.25, 0.3) is 0 Å². The lowest BCUT2D eigenvalue weighted by Crippen LogP contribution is -2.46. The monoisotopic (exact) mass is 346 g/mol. The quantitative estimate of drug-likeness (QED) is 0.909. The number of ether oxygens (including phenoxy) is 1. The number of piperidine rings is 1. The number of halogens is 1. The van der Waals surface area contributed by atoms with Gasteiger partial charge in [-0.05, 0) is 47.8 Å². The van der Waals surface area contributed by atoms with Gasteiger partial charge >= 0.3 is 0 Å². The molecule has 0 spiro atoms. The summed E-state index contributed by atoms with van der Waals surface area (Å²) in [6.07, 6.45) is 1.51. The van der Waals surface area contributed by atoms with Crippen molar-refractivity contribution < 1.29 is 4.74 Å². The van der Waals surface area contributed by atoms with Crippen LogP contribution < -0.4 is 5.73 Å². The van der Waals surface area contributed by atoms with Gasteiger partial charge in [-0.25, -0.2) is 0 Å². The molecule has 0 amide bonds. The Bertz CT molecular complexity index is 404. The molecule has 0 aromatic carbocycles. The molecule has 108 valence electrons. The van der Waals surface area contributed by atoms with Crippen LogP contribution in [0.15, 0.2) is 10.5 Å². The molecule has 0 saturated carbocycles. The lowest BCUT2D eigenvalue weighted by Gasteiger charge is -2.40. The van der Waals surface area contributed by atoms with Gasteiger partial charge in [-0.3, -0.25) is 4.90 Å². The van der Waals surface area contributed by atoms with Crippen LogP contribution in [0.25, 0.3) is 0 Å². The second-order valence-electron chi connectivity index (χ2n) is 5.34. The molecule has 1 aromatic heterocycles. The van der Waals surface area contributed by atoms with E-state index in [1.807, 2.05) is 18.4 Å². The minimum Gasteiger partial charge on any atom is -0.380 e. The normalized spacial score (nSPS) is 26.6. The maximum atomic E-state index is 6.03. The zero-order chi connectivity index (χ0) is 14.0. The van der Waals surface area contributed by atoms with Crippen molar-refractivity contribution in [1.29, 1.82) is 0 Å². The smallest absolute Gasteiger partial charge is 0.0724 e. The number of aryl methyl sites for hydroxylation is 1. The van der Waals surface area contributed by atoms with Crippen molar-refractivity contribution in [3.05, 3.63) is 20.3 Å². The Morgan fingerprint density at radius 2 is 2.37 bits per heavy atom. The first-order valence-corrected chi connectivity index (χ1v) is 8.40. The van der Waals surface area contributed by atoms with Crippen molar-refractivity contribution >= 4 is 27.3 Å². The Morgan fingerprint density at radius 1 is 1.63 bits per heavy atom. The van der Waals surface area contributed by atoms with Crippen molar-refractivity contribution in [3.8, 4) is 0 Å². The van der Waals surface area contributed by atoms with Crippen molar-refractivity contribution in [1.82, 2.24) is 4.90 Å². The average molecular weight is 347 g/mol. The van der Waals surface area contributed by atoms with Crippen molar-refractivity contribution in [2.75, 3.05) is 26.7 Å². The van der Waals surface area contributed by atoms with E-state index in [1.54, 1.807) is 0 Å². The van der Waals surface area contributed by atoms with E-state index >= 15 is 0 Å². The van der Waals surface area contributed by atoms with Gasteiger partial charge in [-0.15, -0.1) is 11.3 Å². The molecular weight excluding hydrogens is 324 g/mol. The Hall–Kier alpha value is 0.0600. The molecule has 2 heterocycles. The number of rotatable bonds is 4. The number of nitrogens with zero attached hydrogens (tertiary/aromatic N) is 1. The molecule has 1 aliphatic heterocycles. The minimum atomic E-state index is 0.320. The van der Waals surface area contributed by atoms with Crippen LogP contribution in [0.2, 0.25) is 0 Å². The Morgan fingerprint density at radius 3 is 2.89 bits per heavy atom. The fourth-order valence-electron chi connectivity index (χ4n) is 2.74. The molecule has 2 N–H and O–H groups in total. The first-order valence-electron chi connectivity index (χ1n) is 6.79. The largest absolute Gasteiger partial charge is 0.380 e. The Balaban J connectivity index is 2.13. The second-order valence-corrected chi connectivity index (χ2v) is 7.48. The van der Waals surface area contributed by atoms with E-state index in [0.717, 1.165) is 13.1 Å². The molecule has 3 atom stereocenters. The summed E-state index contributed by atoms with van der Waals surface area (Å²) in [6, 6.07) is 2.54. The number of likely N-dealkylation sites (tertiary alicyclic amines) is 1. The molecule has 1 fully saturated rings. The van der Waals surface area contributed by atoms with Crippen LogP contribution in [0.3, 0.4) is 0 Å². The van der Waals surface area contributed by atoms with Gasteiger partial charge in [0.05, 0.1) is 12.1 Å². The van der Waals surface area contributed by atoms with Crippen molar-refractivity contribution in [3.63, 3.8) is 0 Å². The van der Waals surface area contributed by atoms with Crippen LogP contribution in [0.4, 0.5) is 0 Å². The van der Waals surface area contributed by atoms with Gasteiger partial charge in [-0.1, -0.05) is 6.92 Å². The molecule has 1 saturated heterocycles. The van der Waals surface area contributed by atoms with Crippen LogP contribution in [0, 0.1) is 12.8 Å². The molecule has 3 nitrogen and oxygen atoms in total. The van der Waals surface area contributed by atoms with Crippen LogP contribution >= 0.6 is 27.3 Å². The lowest BCUT2D eigenvalue weighted by molar-refractivity contribution is -0.0178. The van der Waals surface area contributed by atoms with Crippen LogP contribution in [0.1, 0.15) is 29.1 Å². The van der Waals surface area contributed by atoms with Gasteiger partial charge in [-0.2, -0.15) is 0 Å². The maximum Gasteiger partial charge on any atom is 0.0724 e. The molecule has 1 aromatic rings. The van der Waals surface area contributed by atoms with Gasteiger partial charge in [0.15, 0.2) is 0 Å². The van der Waals surface area contributed by atoms with Crippen LogP contribution in [-0.4, -0.2) is 37.7 Å². The molecule has 0 aliphatic carbocycles. The van der Waals surface area contributed by atoms with Gasteiger partial charge in [0.2, 0.25) is 0 Å². The minimum absolute atomic E-state index is 0.320. The topological polar surface area (TPSA) is 38.5 Å². The number of hydrogen-bond acceptors (Lipinski definition) is 4. The highest BCUT2D eigenvalue weighted by Crippen LogP contribution is 2.35. The standard InChI is InChI=1S/C14H23BrN2OS/c1-9-4-5-17(8-13(9)18-3)12(7-16)14-6-11(15)10(2)19-14/h6,9,12-13H,4-5,7-8,16H2,1-3H3. The zero-order valence-corrected chi connectivity index (χ0v) is 14.3. The third kappa shape index (κ3) is 3.39. The number of nitrogens with two attached hydrogens (primary N) is 1. The van der Waals surface area contributed by atoms with E-state index in [9.17, 15) is 0 Å². The molecule has 0 bridgehead atoms. The summed E-state index contributed by atoms with van der Waals surface area (Å²) in [5.41, 5.74) is 6.03. The summed E-state index contributed by atoms with van der Waals surface area (Å²) in [5, 5.41) is 0. The summed E-state index contributed by atoms with van der Waals surface area (Å²) in [5.74, 6) is 0.636. The Labute approximate surface area is 128 Å². The summed E-state index contributed by atoms with van der Waals surface area (Å²) in [4.78, 5) is 5.16. The lowest BCUT2D eigenvalue weighted by atomic mass is 9.94. The molecule has 5 heteroatoms. The molecule has 1 aliphatic rings. The third-order valence-corrected chi connectivity index (χ3v) is 6.33. The fraction of sp³-hybridized carbons (Fsp3) is 0.714. The van der Waals surface area contributed by atoms with E-state index in [1.165, 1.54) is 20.6 Å². The predicted molar refractivity (Wildman–Crippen MR) is 84.7 cm³/mol. The molecule has 2 rings (SSSR count). The highest BCUT2D eigenvalue weighted by molar-refractivity contribution is 9.10. The maximum absolute atomic E-state index is 6.03. The van der Waals surface area contributed by atoms with Crippen molar-refractivity contribution in [2.24, 2.45) is 11.7 Å². The second kappa shape index (κ2) is 6.68. The van der Waals surface area contributed by atoms with Gasteiger partial charge in [0, 0.05) is 34.4 Å². The van der Waals surface area contributed by atoms with E-state index < -0.39 is 0 Å². The SMILES string of the molecule is COC1CN(C(CN)c2cc(Br)c(C)s2)CCC1C. The number of hydrogen-bond donors (Lipinski definition) is 1. The number of thiophene rings is 1. The summed E-state index contributed by atoms with van der Waals surface area (Å²) >= 11 is 5.44. The average Bonchev–Trinajstić information content (AvgIpc) is 2.72. The zero-order valence-electron chi connectivity index (χ0n) is 11.9. The van der Waals surface area contributed by atoms with E-state index in [2.05, 4.69) is 40.7 Å². The molecule has 19 heavy (non-hydrogen) atoms. The molecule has 3 unspecified atom stereocenters. The summed E-state index contributed by atoms with van der Waals surface area (Å²) < 4.78 is 6.80. The third-order valence-electron chi connectivity index (χ3n) is 4.09. The summed E-state index contributed by atoms with van der Waals surface area (Å²) in [7, 11) is 1.81. The van der Waals surface area contributed by atoms with Crippen LogP contribution in [-0.2, 0) is 4.74 Å². The predicted octanol–water partition coefficient (Wildman–Crippen LogP) is 3.18. The number of methoxy groups -OCH3 is 1. The van der Waals surface area contributed by atoms with E-state index in [-0.39, 0.29) is 0 Å². The Kier molecular flexibility index (Phi) is 5.43.